The maximum Gasteiger partial charge on any atom is 0.130 e. The SMILES string of the molecule is CCNC(c1cc(C)ccc1C)c1nccn1C. The topological polar surface area (TPSA) is 29.9 Å². The van der Waals surface area contributed by atoms with Gasteiger partial charge in [-0.3, -0.25) is 0 Å². The van der Waals surface area contributed by atoms with Crippen molar-refractivity contribution in [1.82, 2.24) is 14.9 Å². The van der Waals surface area contributed by atoms with Crippen molar-refractivity contribution in [2.75, 3.05) is 6.54 Å². The molecule has 0 saturated carbocycles. The van der Waals surface area contributed by atoms with Crippen LogP contribution in [0.2, 0.25) is 0 Å². The number of rotatable bonds is 4. The second-order valence-electron chi connectivity index (χ2n) is 4.75. The molecule has 0 saturated heterocycles. The molecule has 3 heteroatoms. The van der Waals surface area contributed by atoms with Crippen molar-refractivity contribution in [2.45, 2.75) is 26.8 Å². The van der Waals surface area contributed by atoms with Gasteiger partial charge in [0.15, 0.2) is 0 Å². The van der Waals surface area contributed by atoms with Crippen LogP contribution < -0.4 is 5.32 Å². The maximum atomic E-state index is 4.48. The van der Waals surface area contributed by atoms with Crippen LogP contribution in [0.5, 0.6) is 0 Å². The molecule has 0 radical (unpaired) electrons. The van der Waals surface area contributed by atoms with Crippen LogP contribution in [-0.4, -0.2) is 16.1 Å². The Bertz CT molecular complexity index is 528. The highest BCUT2D eigenvalue weighted by atomic mass is 15.1. The van der Waals surface area contributed by atoms with Gasteiger partial charge in [0.2, 0.25) is 0 Å². The van der Waals surface area contributed by atoms with Crippen molar-refractivity contribution >= 4 is 0 Å². The highest BCUT2D eigenvalue weighted by molar-refractivity contribution is 5.36. The van der Waals surface area contributed by atoms with Crippen molar-refractivity contribution in [2.24, 2.45) is 7.05 Å². The van der Waals surface area contributed by atoms with E-state index in [1.54, 1.807) is 0 Å². The summed E-state index contributed by atoms with van der Waals surface area (Å²) in [6, 6.07) is 6.74. The predicted molar refractivity (Wildman–Crippen MR) is 74.6 cm³/mol. The summed E-state index contributed by atoms with van der Waals surface area (Å²) in [4.78, 5) is 4.48. The molecule has 1 atom stereocenters. The molecule has 0 spiro atoms. The van der Waals surface area contributed by atoms with Gasteiger partial charge in [0, 0.05) is 19.4 Å². The summed E-state index contributed by atoms with van der Waals surface area (Å²) in [6.07, 6.45) is 3.84. The lowest BCUT2D eigenvalue weighted by molar-refractivity contribution is 0.574. The second kappa shape index (κ2) is 5.36. The van der Waals surface area contributed by atoms with Gasteiger partial charge in [0.25, 0.3) is 0 Å². The molecule has 0 amide bonds. The number of hydrogen-bond acceptors (Lipinski definition) is 2. The first-order valence-corrected chi connectivity index (χ1v) is 6.41. The van der Waals surface area contributed by atoms with Crippen LogP contribution in [0, 0.1) is 13.8 Å². The monoisotopic (exact) mass is 243 g/mol. The normalized spacial score (nSPS) is 12.7. The molecule has 18 heavy (non-hydrogen) atoms. The molecule has 1 unspecified atom stereocenters. The first-order valence-electron chi connectivity index (χ1n) is 6.41. The molecule has 1 aromatic carbocycles. The third kappa shape index (κ3) is 2.46. The van der Waals surface area contributed by atoms with Crippen molar-refractivity contribution in [1.29, 1.82) is 0 Å². The lowest BCUT2D eigenvalue weighted by Crippen LogP contribution is -2.25. The van der Waals surface area contributed by atoms with Crippen molar-refractivity contribution in [3.63, 3.8) is 0 Å². The minimum atomic E-state index is 0.162. The molecule has 0 aliphatic carbocycles. The van der Waals surface area contributed by atoms with E-state index < -0.39 is 0 Å². The van der Waals surface area contributed by atoms with Crippen LogP contribution in [0.15, 0.2) is 30.6 Å². The summed E-state index contributed by atoms with van der Waals surface area (Å²) in [5.41, 5.74) is 3.90. The number of nitrogens with one attached hydrogen (secondary N) is 1. The van der Waals surface area contributed by atoms with Gasteiger partial charge in [-0.2, -0.15) is 0 Å². The second-order valence-corrected chi connectivity index (χ2v) is 4.75. The Morgan fingerprint density at radius 3 is 2.72 bits per heavy atom. The summed E-state index contributed by atoms with van der Waals surface area (Å²) < 4.78 is 2.08. The lowest BCUT2D eigenvalue weighted by Gasteiger charge is -2.20. The van der Waals surface area contributed by atoms with Crippen LogP contribution in [0.3, 0.4) is 0 Å². The highest BCUT2D eigenvalue weighted by Gasteiger charge is 2.18. The first-order chi connectivity index (χ1) is 8.63. The van der Waals surface area contributed by atoms with Gasteiger partial charge in [0.05, 0.1) is 6.04 Å². The number of aryl methyl sites for hydroxylation is 3. The van der Waals surface area contributed by atoms with Gasteiger partial charge in [-0.25, -0.2) is 4.98 Å². The zero-order chi connectivity index (χ0) is 13.1. The molecule has 96 valence electrons. The minimum Gasteiger partial charge on any atom is -0.336 e. The smallest absolute Gasteiger partial charge is 0.130 e. The molecule has 0 bridgehead atoms. The summed E-state index contributed by atoms with van der Waals surface area (Å²) >= 11 is 0. The average molecular weight is 243 g/mol. The van der Waals surface area contributed by atoms with Gasteiger partial charge >= 0.3 is 0 Å². The van der Waals surface area contributed by atoms with E-state index >= 15 is 0 Å². The van der Waals surface area contributed by atoms with Crippen molar-refractivity contribution < 1.29 is 0 Å². The van der Waals surface area contributed by atoms with E-state index in [2.05, 4.69) is 53.8 Å². The molecular formula is C15H21N3. The average Bonchev–Trinajstić information content (AvgIpc) is 2.76. The standard InChI is InChI=1S/C15H21N3/c1-5-16-14(15-17-8-9-18(15)4)13-10-11(2)6-7-12(13)3/h6-10,14,16H,5H2,1-4H3. The Hall–Kier alpha value is -1.61. The van der Waals surface area contributed by atoms with Crippen molar-refractivity contribution in [3.05, 3.63) is 53.1 Å². The van der Waals surface area contributed by atoms with Gasteiger partial charge in [-0.1, -0.05) is 30.7 Å². The number of nitrogens with zero attached hydrogens (tertiary/aromatic N) is 2. The Labute approximate surface area is 109 Å². The van der Waals surface area contributed by atoms with Gasteiger partial charge < -0.3 is 9.88 Å². The molecule has 0 fully saturated rings. The molecule has 3 nitrogen and oxygen atoms in total. The van der Waals surface area contributed by atoms with Gasteiger partial charge in [-0.05, 0) is 31.5 Å². The first kappa shape index (κ1) is 12.8. The zero-order valence-electron chi connectivity index (χ0n) is 11.6. The summed E-state index contributed by atoms with van der Waals surface area (Å²) in [5, 5.41) is 3.53. The van der Waals surface area contributed by atoms with E-state index in [4.69, 9.17) is 0 Å². The molecule has 1 N–H and O–H groups in total. The largest absolute Gasteiger partial charge is 0.336 e. The van der Waals surface area contributed by atoms with Crippen LogP contribution in [-0.2, 0) is 7.05 Å². The van der Waals surface area contributed by atoms with E-state index in [9.17, 15) is 0 Å². The zero-order valence-corrected chi connectivity index (χ0v) is 11.6. The van der Waals surface area contributed by atoms with E-state index in [0.29, 0.717) is 0 Å². The third-order valence-electron chi connectivity index (χ3n) is 3.27. The molecule has 1 heterocycles. The van der Waals surface area contributed by atoms with Crippen LogP contribution in [0.4, 0.5) is 0 Å². The number of hydrogen-bond donors (Lipinski definition) is 1. The Balaban J connectivity index is 2.48. The predicted octanol–water partition coefficient (Wildman–Crippen LogP) is 2.74. The number of imidazole rings is 1. The van der Waals surface area contributed by atoms with E-state index in [-0.39, 0.29) is 6.04 Å². The Morgan fingerprint density at radius 2 is 2.11 bits per heavy atom. The van der Waals surface area contributed by atoms with Gasteiger partial charge in [-0.15, -0.1) is 0 Å². The van der Waals surface area contributed by atoms with Gasteiger partial charge in [0.1, 0.15) is 5.82 Å². The fourth-order valence-electron chi connectivity index (χ4n) is 2.27. The van der Waals surface area contributed by atoms with E-state index in [0.717, 1.165) is 12.4 Å². The van der Waals surface area contributed by atoms with Crippen LogP contribution in [0.25, 0.3) is 0 Å². The van der Waals surface area contributed by atoms with Crippen LogP contribution >= 0.6 is 0 Å². The minimum absolute atomic E-state index is 0.162. The lowest BCUT2D eigenvalue weighted by atomic mass is 9.98. The quantitative estimate of drug-likeness (QED) is 0.895. The molecule has 2 aromatic rings. The molecule has 1 aromatic heterocycles. The van der Waals surface area contributed by atoms with E-state index in [1.165, 1.54) is 16.7 Å². The molecule has 2 rings (SSSR count). The summed E-state index contributed by atoms with van der Waals surface area (Å²) in [6.45, 7) is 7.33. The number of benzene rings is 1. The Morgan fingerprint density at radius 1 is 1.33 bits per heavy atom. The fourth-order valence-corrected chi connectivity index (χ4v) is 2.27. The highest BCUT2D eigenvalue weighted by Crippen LogP contribution is 2.24. The van der Waals surface area contributed by atoms with Crippen LogP contribution in [0.1, 0.15) is 35.5 Å². The number of aromatic nitrogens is 2. The fraction of sp³-hybridized carbons (Fsp3) is 0.400. The molecule has 0 aliphatic heterocycles. The molecular weight excluding hydrogens is 222 g/mol. The molecule has 0 aliphatic rings. The summed E-state index contributed by atoms with van der Waals surface area (Å²) in [5.74, 6) is 1.06. The third-order valence-corrected chi connectivity index (χ3v) is 3.27. The Kier molecular flexibility index (Phi) is 3.82. The van der Waals surface area contributed by atoms with E-state index in [1.807, 2.05) is 19.4 Å². The maximum absolute atomic E-state index is 4.48. The van der Waals surface area contributed by atoms with Crippen molar-refractivity contribution in [3.8, 4) is 0 Å². The summed E-state index contributed by atoms with van der Waals surface area (Å²) in [7, 11) is 2.04.